The molecule has 0 radical (unpaired) electrons. The quantitative estimate of drug-likeness (QED) is 0.928. The van der Waals surface area contributed by atoms with Crippen molar-refractivity contribution in [3.05, 3.63) is 28.7 Å². The van der Waals surface area contributed by atoms with Gasteiger partial charge in [0.2, 0.25) is 5.91 Å². The highest BCUT2D eigenvalue weighted by Crippen LogP contribution is 2.27. The Balaban J connectivity index is 1.74. The highest BCUT2D eigenvalue weighted by atomic mass is 79.9. The van der Waals surface area contributed by atoms with Gasteiger partial charge in [-0.3, -0.25) is 4.79 Å². The molecule has 4 heteroatoms. The number of hydrogen-bond acceptors (Lipinski definition) is 2. The fourth-order valence-electron chi connectivity index (χ4n) is 2.27. The van der Waals surface area contributed by atoms with E-state index >= 15 is 0 Å². The molecule has 1 atom stereocenters. The third kappa shape index (κ3) is 2.38. The van der Waals surface area contributed by atoms with Gasteiger partial charge in [-0.05, 0) is 37.5 Å². The molecule has 3 rings (SSSR count). The van der Waals surface area contributed by atoms with Crippen LogP contribution in [0.15, 0.2) is 28.7 Å². The van der Waals surface area contributed by atoms with Crippen molar-refractivity contribution >= 4 is 27.5 Å². The van der Waals surface area contributed by atoms with Crippen molar-refractivity contribution in [2.24, 2.45) is 0 Å². The van der Waals surface area contributed by atoms with Crippen LogP contribution in [0.2, 0.25) is 0 Å². The molecule has 0 bridgehead atoms. The van der Waals surface area contributed by atoms with Crippen LogP contribution in [0.25, 0.3) is 0 Å². The normalized spacial score (nSPS) is 24.4. The Kier molecular flexibility index (Phi) is 2.92. The highest BCUT2D eigenvalue weighted by Gasteiger charge is 2.36. The molecule has 2 aliphatic rings. The number of benzene rings is 1. The zero-order chi connectivity index (χ0) is 11.8. The van der Waals surface area contributed by atoms with Gasteiger partial charge in [-0.1, -0.05) is 22.0 Å². The lowest BCUT2D eigenvalue weighted by Crippen LogP contribution is -2.39. The van der Waals surface area contributed by atoms with E-state index in [0.29, 0.717) is 6.04 Å². The fourth-order valence-corrected chi connectivity index (χ4v) is 2.66. The fraction of sp³-hybridized carbons (Fsp3) is 0.462. The molecular formula is C13H15BrN2O. The number of amides is 1. The van der Waals surface area contributed by atoms with E-state index in [0.717, 1.165) is 23.1 Å². The van der Waals surface area contributed by atoms with Gasteiger partial charge in [0.15, 0.2) is 0 Å². The Morgan fingerprint density at radius 3 is 2.82 bits per heavy atom. The summed E-state index contributed by atoms with van der Waals surface area (Å²) < 4.78 is 1.02. The smallest absolute Gasteiger partial charge is 0.244 e. The van der Waals surface area contributed by atoms with Crippen LogP contribution in [-0.4, -0.2) is 24.5 Å². The van der Waals surface area contributed by atoms with Gasteiger partial charge in [0.1, 0.15) is 0 Å². The minimum Gasteiger partial charge on any atom is -0.311 e. The van der Waals surface area contributed by atoms with E-state index < -0.39 is 0 Å². The number of carbonyl (C=O) groups excluding carboxylic acids is 1. The van der Waals surface area contributed by atoms with Crippen molar-refractivity contribution in [1.29, 1.82) is 0 Å². The molecule has 0 spiro atoms. The Bertz CT molecular complexity index is 445. The summed E-state index contributed by atoms with van der Waals surface area (Å²) in [5.74, 6) is 0.218. The van der Waals surface area contributed by atoms with Crippen LogP contribution in [0, 0.1) is 0 Å². The second-order valence-corrected chi connectivity index (χ2v) is 5.67. The first-order valence-electron chi connectivity index (χ1n) is 6.07. The van der Waals surface area contributed by atoms with Gasteiger partial charge >= 0.3 is 0 Å². The number of rotatable bonds is 3. The largest absolute Gasteiger partial charge is 0.311 e. The van der Waals surface area contributed by atoms with E-state index in [1.165, 1.54) is 12.8 Å². The van der Waals surface area contributed by atoms with Gasteiger partial charge < -0.3 is 10.2 Å². The maximum atomic E-state index is 12.2. The molecule has 90 valence electrons. The highest BCUT2D eigenvalue weighted by molar-refractivity contribution is 9.10. The predicted octanol–water partition coefficient (Wildman–Crippen LogP) is 2.31. The number of nitrogens with one attached hydrogen (secondary N) is 1. The van der Waals surface area contributed by atoms with Gasteiger partial charge in [0.05, 0.1) is 6.04 Å². The van der Waals surface area contributed by atoms with Crippen molar-refractivity contribution in [3.8, 4) is 0 Å². The standard InChI is InChI=1S/C13H15BrN2O/c14-9-2-1-3-11(8-9)16-7-6-12(13(16)17)15-10-4-5-10/h1-3,8,10,12,15H,4-7H2. The topological polar surface area (TPSA) is 32.3 Å². The molecule has 1 unspecified atom stereocenters. The first-order chi connectivity index (χ1) is 8.24. The van der Waals surface area contributed by atoms with Crippen molar-refractivity contribution in [3.63, 3.8) is 0 Å². The van der Waals surface area contributed by atoms with E-state index in [2.05, 4.69) is 21.2 Å². The van der Waals surface area contributed by atoms with Gasteiger partial charge in [0, 0.05) is 22.7 Å². The maximum absolute atomic E-state index is 12.2. The lowest BCUT2D eigenvalue weighted by Gasteiger charge is -2.17. The second kappa shape index (κ2) is 4.42. The van der Waals surface area contributed by atoms with E-state index in [-0.39, 0.29) is 11.9 Å². The summed E-state index contributed by atoms with van der Waals surface area (Å²) in [5.41, 5.74) is 0.990. The SMILES string of the molecule is O=C1C(NC2CC2)CCN1c1cccc(Br)c1. The van der Waals surface area contributed by atoms with Crippen LogP contribution in [0.5, 0.6) is 0 Å². The molecule has 1 amide bonds. The maximum Gasteiger partial charge on any atom is 0.244 e. The lowest BCUT2D eigenvalue weighted by atomic mass is 10.2. The molecule has 1 saturated carbocycles. The second-order valence-electron chi connectivity index (χ2n) is 4.75. The van der Waals surface area contributed by atoms with E-state index in [1.807, 2.05) is 29.2 Å². The molecule has 1 aliphatic carbocycles. The molecule has 17 heavy (non-hydrogen) atoms. The molecule has 1 saturated heterocycles. The van der Waals surface area contributed by atoms with E-state index in [1.54, 1.807) is 0 Å². The zero-order valence-electron chi connectivity index (χ0n) is 9.53. The van der Waals surface area contributed by atoms with Gasteiger partial charge in [-0.25, -0.2) is 0 Å². The van der Waals surface area contributed by atoms with Crippen LogP contribution in [0.4, 0.5) is 5.69 Å². The summed E-state index contributed by atoms with van der Waals surface area (Å²) in [6, 6.07) is 8.55. The number of nitrogens with zero attached hydrogens (tertiary/aromatic N) is 1. The molecule has 2 fully saturated rings. The Labute approximate surface area is 109 Å². The van der Waals surface area contributed by atoms with Crippen molar-refractivity contribution in [2.75, 3.05) is 11.4 Å². The molecule has 3 nitrogen and oxygen atoms in total. The molecule has 0 aromatic heterocycles. The Morgan fingerprint density at radius 1 is 1.29 bits per heavy atom. The summed E-state index contributed by atoms with van der Waals surface area (Å²) in [5, 5.41) is 3.41. The average molecular weight is 295 g/mol. The molecule has 1 aliphatic heterocycles. The first kappa shape index (κ1) is 11.2. The third-order valence-electron chi connectivity index (χ3n) is 3.34. The molecular weight excluding hydrogens is 280 g/mol. The van der Waals surface area contributed by atoms with Crippen LogP contribution < -0.4 is 10.2 Å². The Morgan fingerprint density at radius 2 is 2.12 bits per heavy atom. The van der Waals surface area contributed by atoms with Gasteiger partial charge in [-0.2, -0.15) is 0 Å². The number of anilines is 1. The summed E-state index contributed by atoms with van der Waals surface area (Å²) in [7, 11) is 0. The summed E-state index contributed by atoms with van der Waals surface area (Å²) in [6.45, 7) is 0.819. The van der Waals surface area contributed by atoms with Crippen molar-refractivity contribution in [1.82, 2.24) is 5.32 Å². The molecule has 1 aromatic carbocycles. The van der Waals surface area contributed by atoms with Crippen LogP contribution in [0.1, 0.15) is 19.3 Å². The zero-order valence-corrected chi connectivity index (χ0v) is 11.1. The molecule has 1 N–H and O–H groups in total. The minimum absolute atomic E-state index is 0.0291. The van der Waals surface area contributed by atoms with Crippen LogP contribution in [0.3, 0.4) is 0 Å². The number of carbonyl (C=O) groups is 1. The number of halogens is 1. The monoisotopic (exact) mass is 294 g/mol. The van der Waals surface area contributed by atoms with Crippen molar-refractivity contribution < 1.29 is 4.79 Å². The number of hydrogen-bond donors (Lipinski definition) is 1. The molecule has 1 heterocycles. The van der Waals surface area contributed by atoms with Gasteiger partial charge in [0.25, 0.3) is 0 Å². The summed E-state index contributed by atoms with van der Waals surface area (Å²) in [4.78, 5) is 14.1. The first-order valence-corrected chi connectivity index (χ1v) is 6.86. The average Bonchev–Trinajstić information content (AvgIpc) is 3.04. The van der Waals surface area contributed by atoms with Crippen LogP contribution >= 0.6 is 15.9 Å². The van der Waals surface area contributed by atoms with E-state index in [4.69, 9.17) is 0 Å². The lowest BCUT2D eigenvalue weighted by molar-refractivity contribution is -0.118. The summed E-state index contributed by atoms with van der Waals surface area (Å²) >= 11 is 3.44. The van der Waals surface area contributed by atoms with Gasteiger partial charge in [-0.15, -0.1) is 0 Å². The van der Waals surface area contributed by atoms with E-state index in [9.17, 15) is 4.79 Å². The third-order valence-corrected chi connectivity index (χ3v) is 3.83. The molecule has 1 aromatic rings. The minimum atomic E-state index is 0.0291. The Hall–Kier alpha value is -0.870. The van der Waals surface area contributed by atoms with Crippen molar-refractivity contribution in [2.45, 2.75) is 31.3 Å². The summed E-state index contributed by atoms with van der Waals surface area (Å²) in [6.07, 6.45) is 3.36. The van der Waals surface area contributed by atoms with Crippen LogP contribution in [-0.2, 0) is 4.79 Å². The predicted molar refractivity (Wildman–Crippen MR) is 71.1 cm³/mol.